The molecule has 0 spiro atoms. The number of nitrogen functional groups attached to an aromatic ring is 1. The minimum absolute atomic E-state index is 0.0148. The summed E-state index contributed by atoms with van der Waals surface area (Å²) in [6.45, 7) is 5.34. The van der Waals surface area contributed by atoms with Crippen LogP contribution in [0.15, 0.2) is 61.2 Å². The fourth-order valence-corrected chi connectivity index (χ4v) is 3.12. The molecule has 2 aromatic carbocycles. The van der Waals surface area contributed by atoms with E-state index in [9.17, 15) is 0 Å². The zero-order valence-corrected chi connectivity index (χ0v) is 15.9. The van der Waals surface area contributed by atoms with Crippen molar-refractivity contribution in [3.63, 3.8) is 0 Å². The number of rotatable bonds is 7. The van der Waals surface area contributed by atoms with Gasteiger partial charge < -0.3 is 15.6 Å². The Bertz CT molecular complexity index is 826. The third-order valence-corrected chi connectivity index (χ3v) is 4.69. The van der Waals surface area contributed by atoms with E-state index in [4.69, 9.17) is 17.3 Å². The Morgan fingerprint density at radius 2 is 1.85 bits per heavy atom. The average Bonchev–Trinajstić information content (AvgIpc) is 3.13. The molecule has 1 atom stereocenters. The standard InChI is InChI=1S/C21H25ClN4/c1-15(2)9-10-25-20-13-17(5-8-19(20)23)21(26-12-11-24-14-26)16-3-6-18(22)7-4-16/h3-8,11-15,21,25H,9-10,23H2,1-2H3. The van der Waals surface area contributed by atoms with Gasteiger partial charge in [0.2, 0.25) is 0 Å². The van der Waals surface area contributed by atoms with Gasteiger partial charge in [-0.15, -0.1) is 0 Å². The first kappa shape index (κ1) is 18.3. The van der Waals surface area contributed by atoms with E-state index in [1.807, 2.05) is 30.7 Å². The van der Waals surface area contributed by atoms with Crippen LogP contribution in [0.5, 0.6) is 0 Å². The molecule has 0 aliphatic heterocycles. The first-order valence-electron chi connectivity index (χ1n) is 8.91. The Balaban J connectivity index is 1.95. The topological polar surface area (TPSA) is 55.9 Å². The van der Waals surface area contributed by atoms with Crippen molar-refractivity contribution in [1.29, 1.82) is 0 Å². The van der Waals surface area contributed by atoms with Crippen LogP contribution in [-0.4, -0.2) is 16.1 Å². The number of nitrogens with two attached hydrogens (primary N) is 1. The molecule has 0 fully saturated rings. The molecule has 1 heterocycles. The van der Waals surface area contributed by atoms with Crippen molar-refractivity contribution in [1.82, 2.24) is 9.55 Å². The summed E-state index contributed by atoms with van der Waals surface area (Å²) in [7, 11) is 0. The molecule has 0 aliphatic rings. The molecule has 0 bridgehead atoms. The Hall–Kier alpha value is -2.46. The van der Waals surface area contributed by atoms with Gasteiger partial charge in [0.05, 0.1) is 23.7 Å². The summed E-state index contributed by atoms with van der Waals surface area (Å²) in [5.41, 5.74) is 10.2. The molecule has 3 rings (SSSR count). The third-order valence-electron chi connectivity index (χ3n) is 4.44. The molecule has 3 aromatic rings. The lowest BCUT2D eigenvalue weighted by Gasteiger charge is -2.21. The van der Waals surface area contributed by atoms with E-state index >= 15 is 0 Å². The monoisotopic (exact) mass is 368 g/mol. The number of halogens is 1. The molecule has 26 heavy (non-hydrogen) atoms. The number of anilines is 2. The highest BCUT2D eigenvalue weighted by Gasteiger charge is 2.17. The lowest BCUT2D eigenvalue weighted by Crippen LogP contribution is -2.12. The summed E-state index contributed by atoms with van der Waals surface area (Å²) in [6.07, 6.45) is 6.71. The van der Waals surface area contributed by atoms with Crippen molar-refractivity contribution in [3.05, 3.63) is 77.3 Å². The van der Waals surface area contributed by atoms with E-state index in [2.05, 4.69) is 53.0 Å². The molecule has 0 amide bonds. The largest absolute Gasteiger partial charge is 0.397 e. The van der Waals surface area contributed by atoms with Crippen LogP contribution in [-0.2, 0) is 0 Å². The number of nitrogens with one attached hydrogen (secondary N) is 1. The average molecular weight is 369 g/mol. The number of hydrogen-bond donors (Lipinski definition) is 2. The highest BCUT2D eigenvalue weighted by atomic mass is 35.5. The van der Waals surface area contributed by atoms with Crippen LogP contribution in [0.1, 0.15) is 37.4 Å². The number of aromatic nitrogens is 2. The zero-order chi connectivity index (χ0) is 18.5. The highest BCUT2D eigenvalue weighted by molar-refractivity contribution is 6.30. The second-order valence-corrected chi connectivity index (χ2v) is 7.36. The predicted octanol–water partition coefficient (Wildman–Crippen LogP) is 5.21. The first-order chi connectivity index (χ1) is 12.5. The van der Waals surface area contributed by atoms with Crippen LogP contribution < -0.4 is 11.1 Å². The van der Waals surface area contributed by atoms with Gasteiger partial charge in [0.25, 0.3) is 0 Å². The van der Waals surface area contributed by atoms with E-state index in [1.54, 1.807) is 6.20 Å². The van der Waals surface area contributed by atoms with Crippen molar-refractivity contribution < 1.29 is 0 Å². The second-order valence-electron chi connectivity index (χ2n) is 6.92. The highest BCUT2D eigenvalue weighted by Crippen LogP contribution is 2.31. The Morgan fingerprint density at radius 1 is 1.12 bits per heavy atom. The van der Waals surface area contributed by atoms with E-state index in [-0.39, 0.29) is 6.04 Å². The van der Waals surface area contributed by atoms with Crippen molar-refractivity contribution >= 4 is 23.0 Å². The van der Waals surface area contributed by atoms with E-state index in [0.29, 0.717) is 5.92 Å². The maximum absolute atomic E-state index is 6.18. The first-order valence-corrected chi connectivity index (χ1v) is 9.28. The smallest absolute Gasteiger partial charge is 0.0954 e. The molecule has 5 heteroatoms. The summed E-state index contributed by atoms with van der Waals surface area (Å²) in [4.78, 5) is 4.22. The Morgan fingerprint density at radius 3 is 2.50 bits per heavy atom. The van der Waals surface area contributed by atoms with E-state index < -0.39 is 0 Å². The number of imidazole rings is 1. The van der Waals surface area contributed by atoms with Crippen LogP contribution in [0.25, 0.3) is 0 Å². The Labute approximate surface area is 160 Å². The van der Waals surface area contributed by atoms with Gasteiger partial charge >= 0.3 is 0 Å². The molecule has 136 valence electrons. The quantitative estimate of drug-likeness (QED) is 0.562. The van der Waals surface area contributed by atoms with Gasteiger partial charge in [-0.05, 0) is 47.7 Å². The van der Waals surface area contributed by atoms with Crippen molar-refractivity contribution in [2.24, 2.45) is 5.92 Å². The van der Waals surface area contributed by atoms with Gasteiger partial charge in [0.1, 0.15) is 0 Å². The summed E-state index contributed by atoms with van der Waals surface area (Å²) in [5.74, 6) is 0.652. The van der Waals surface area contributed by atoms with E-state index in [1.165, 1.54) is 0 Å². The lowest BCUT2D eigenvalue weighted by molar-refractivity contribution is 0.607. The number of benzene rings is 2. The van der Waals surface area contributed by atoms with Gasteiger partial charge in [-0.2, -0.15) is 0 Å². The molecule has 1 unspecified atom stereocenters. The van der Waals surface area contributed by atoms with Gasteiger partial charge in [0.15, 0.2) is 0 Å². The minimum Gasteiger partial charge on any atom is -0.397 e. The maximum Gasteiger partial charge on any atom is 0.0954 e. The molecule has 4 nitrogen and oxygen atoms in total. The molecule has 0 saturated heterocycles. The summed E-state index contributed by atoms with van der Waals surface area (Å²) < 4.78 is 2.09. The normalized spacial score (nSPS) is 12.3. The van der Waals surface area contributed by atoms with Crippen LogP contribution in [0.4, 0.5) is 11.4 Å². The van der Waals surface area contributed by atoms with Gasteiger partial charge in [-0.3, -0.25) is 0 Å². The number of nitrogens with zero attached hydrogens (tertiary/aromatic N) is 2. The molecule has 0 saturated carbocycles. The van der Waals surface area contributed by atoms with Crippen molar-refractivity contribution in [2.75, 3.05) is 17.6 Å². The van der Waals surface area contributed by atoms with Crippen LogP contribution >= 0.6 is 11.6 Å². The Kier molecular flexibility index (Phi) is 5.84. The van der Waals surface area contributed by atoms with Crippen molar-refractivity contribution in [2.45, 2.75) is 26.3 Å². The zero-order valence-electron chi connectivity index (χ0n) is 15.2. The molecular formula is C21H25ClN4. The third kappa shape index (κ3) is 4.38. The molecule has 3 N–H and O–H groups in total. The van der Waals surface area contributed by atoms with Crippen molar-refractivity contribution in [3.8, 4) is 0 Å². The van der Waals surface area contributed by atoms with Crippen LogP contribution in [0.3, 0.4) is 0 Å². The molecule has 0 radical (unpaired) electrons. The minimum atomic E-state index is 0.0148. The fraction of sp³-hybridized carbons (Fsp3) is 0.286. The predicted molar refractivity (Wildman–Crippen MR) is 110 cm³/mol. The SMILES string of the molecule is CC(C)CCNc1cc(C(c2ccc(Cl)cc2)n2ccnc2)ccc1N. The molecule has 0 aliphatic carbocycles. The molecular weight excluding hydrogens is 344 g/mol. The summed E-state index contributed by atoms with van der Waals surface area (Å²) in [6, 6.07) is 14.1. The maximum atomic E-state index is 6.18. The van der Waals surface area contributed by atoms with E-state index in [0.717, 1.165) is 40.5 Å². The van der Waals surface area contributed by atoms with Gasteiger partial charge in [-0.25, -0.2) is 4.98 Å². The van der Waals surface area contributed by atoms with Crippen LogP contribution in [0, 0.1) is 5.92 Å². The number of hydrogen-bond acceptors (Lipinski definition) is 3. The summed E-state index contributed by atoms with van der Waals surface area (Å²) >= 11 is 6.07. The molecule has 1 aromatic heterocycles. The lowest BCUT2D eigenvalue weighted by atomic mass is 9.97. The van der Waals surface area contributed by atoms with Crippen LogP contribution in [0.2, 0.25) is 5.02 Å². The fourth-order valence-electron chi connectivity index (χ4n) is 3.00. The second kappa shape index (κ2) is 8.28. The van der Waals surface area contributed by atoms with Gasteiger partial charge in [0, 0.05) is 24.0 Å². The summed E-state index contributed by atoms with van der Waals surface area (Å²) in [5, 5.41) is 4.20. The van der Waals surface area contributed by atoms with Gasteiger partial charge in [-0.1, -0.05) is 43.6 Å².